The molecule has 0 aliphatic heterocycles. The van der Waals surface area contributed by atoms with Crippen LogP contribution in [0.4, 0.5) is 8.78 Å². The van der Waals surface area contributed by atoms with Crippen molar-refractivity contribution in [1.82, 2.24) is 0 Å². The van der Waals surface area contributed by atoms with E-state index in [2.05, 4.69) is 0 Å². The van der Waals surface area contributed by atoms with Crippen molar-refractivity contribution in [3.8, 4) is 5.75 Å². The van der Waals surface area contributed by atoms with E-state index in [1.54, 1.807) is 26.0 Å². The highest BCUT2D eigenvalue weighted by Gasteiger charge is 2.30. The van der Waals surface area contributed by atoms with Gasteiger partial charge in [0.25, 0.3) is 5.92 Å². The number of ether oxygens (including phenoxy) is 1. The summed E-state index contributed by atoms with van der Waals surface area (Å²) in [5.41, 5.74) is 5.81. The van der Waals surface area contributed by atoms with E-state index in [0.717, 1.165) is 6.92 Å². The average Bonchev–Trinajstić information content (AvgIpc) is 2.13. The Hall–Kier alpha value is -1.16. The first-order chi connectivity index (χ1) is 7.65. The van der Waals surface area contributed by atoms with Crippen LogP contribution >= 0.6 is 0 Å². The maximum atomic E-state index is 13.5. The van der Waals surface area contributed by atoms with Crippen LogP contribution in [0.5, 0.6) is 5.75 Å². The van der Waals surface area contributed by atoms with Crippen LogP contribution in [0.15, 0.2) is 18.2 Å². The van der Waals surface area contributed by atoms with Crippen LogP contribution < -0.4 is 10.5 Å². The summed E-state index contributed by atoms with van der Waals surface area (Å²) in [7, 11) is 1.47. The van der Waals surface area contributed by atoms with Crippen molar-refractivity contribution in [2.45, 2.75) is 38.7 Å². The van der Waals surface area contributed by atoms with Gasteiger partial charge in [0.1, 0.15) is 5.75 Å². The molecule has 17 heavy (non-hydrogen) atoms. The van der Waals surface area contributed by atoms with Crippen molar-refractivity contribution >= 4 is 0 Å². The first-order valence-corrected chi connectivity index (χ1v) is 5.48. The zero-order valence-corrected chi connectivity index (χ0v) is 10.7. The van der Waals surface area contributed by atoms with E-state index in [1.165, 1.54) is 13.2 Å². The topological polar surface area (TPSA) is 35.2 Å². The molecule has 0 fully saturated rings. The van der Waals surface area contributed by atoms with Crippen molar-refractivity contribution < 1.29 is 13.5 Å². The Balaban J connectivity index is 3.31. The van der Waals surface area contributed by atoms with Gasteiger partial charge in [-0.25, -0.2) is 8.78 Å². The van der Waals surface area contributed by atoms with Gasteiger partial charge >= 0.3 is 0 Å². The lowest BCUT2D eigenvalue weighted by Crippen LogP contribution is -2.35. The fourth-order valence-corrected chi connectivity index (χ4v) is 1.81. The van der Waals surface area contributed by atoms with Gasteiger partial charge in [-0.1, -0.05) is 12.1 Å². The summed E-state index contributed by atoms with van der Waals surface area (Å²) in [5, 5.41) is 0. The molecule has 0 saturated heterocycles. The molecule has 1 rings (SSSR count). The number of nitrogens with two attached hydrogens (primary N) is 1. The quantitative estimate of drug-likeness (QED) is 0.882. The van der Waals surface area contributed by atoms with Crippen molar-refractivity contribution in [2.75, 3.05) is 7.11 Å². The number of rotatable bonds is 4. The normalized spacial score (nSPS) is 12.6. The SMILES string of the molecule is COc1cccc(C(C)(F)F)c1CC(C)(C)N. The van der Waals surface area contributed by atoms with Crippen molar-refractivity contribution in [3.63, 3.8) is 0 Å². The summed E-state index contributed by atoms with van der Waals surface area (Å²) in [6.45, 7) is 4.49. The molecule has 96 valence electrons. The zero-order chi connectivity index (χ0) is 13.3. The lowest BCUT2D eigenvalue weighted by atomic mass is 9.90. The van der Waals surface area contributed by atoms with Gasteiger partial charge in [-0.2, -0.15) is 0 Å². The Bertz CT molecular complexity index is 391. The van der Waals surface area contributed by atoms with Crippen LogP contribution in [0.3, 0.4) is 0 Å². The first kappa shape index (κ1) is 13.9. The standard InChI is InChI=1S/C13H19F2NO/c1-12(2,16)8-9-10(13(3,14)15)6-5-7-11(9)17-4/h5-7H,8,16H2,1-4H3. The highest BCUT2D eigenvalue weighted by molar-refractivity contribution is 5.43. The van der Waals surface area contributed by atoms with E-state index < -0.39 is 11.5 Å². The van der Waals surface area contributed by atoms with Crippen LogP contribution in [-0.2, 0) is 12.3 Å². The number of alkyl halides is 2. The Kier molecular flexibility index (Phi) is 3.77. The molecule has 0 bridgehead atoms. The summed E-state index contributed by atoms with van der Waals surface area (Å²) in [5.74, 6) is -2.43. The highest BCUT2D eigenvalue weighted by Crippen LogP contribution is 2.35. The molecular weight excluding hydrogens is 224 g/mol. The Morgan fingerprint density at radius 3 is 2.24 bits per heavy atom. The largest absolute Gasteiger partial charge is 0.496 e. The molecule has 0 aromatic heterocycles. The van der Waals surface area contributed by atoms with Gasteiger partial charge in [0, 0.05) is 23.6 Å². The van der Waals surface area contributed by atoms with Gasteiger partial charge in [0.2, 0.25) is 0 Å². The third kappa shape index (κ3) is 3.66. The zero-order valence-electron chi connectivity index (χ0n) is 10.7. The van der Waals surface area contributed by atoms with Gasteiger partial charge in [-0.05, 0) is 26.3 Å². The maximum Gasteiger partial charge on any atom is 0.270 e. The second-order valence-electron chi connectivity index (χ2n) is 5.04. The van der Waals surface area contributed by atoms with Crippen molar-refractivity contribution in [3.05, 3.63) is 29.3 Å². The van der Waals surface area contributed by atoms with Crippen LogP contribution in [0.1, 0.15) is 31.9 Å². The van der Waals surface area contributed by atoms with E-state index in [-0.39, 0.29) is 5.56 Å². The molecule has 2 N–H and O–H groups in total. The summed E-state index contributed by atoms with van der Waals surface area (Å²) in [6.07, 6.45) is 0.343. The second-order valence-corrected chi connectivity index (χ2v) is 5.04. The summed E-state index contributed by atoms with van der Waals surface area (Å²) >= 11 is 0. The van der Waals surface area contributed by atoms with Crippen molar-refractivity contribution in [1.29, 1.82) is 0 Å². The van der Waals surface area contributed by atoms with Crippen LogP contribution in [0.25, 0.3) is 0 Å². The smallest absolute Gasteiger partial charge is 0.270 e. The molecule has 0 atom stereocenters. The van der Waals surface area contributed by atoms with E-state index in [4.69, 9.17) is 10.5 Å². The molecule has 1 aromatic rings. The summed E-state index contributed by atoms with van der Waals surface area (Å²) < 4.78 is 32.2. The molecule has 0 amide bonds. The number of methoxy groups -OCH3 is 1. The van der Waals surface area contributed by atoms with Gasteiger partial charge < -0.3 is 10.5 Å². The molecule has 0 spiro atoms. The number of hydrogen-bond acceptors (Lipinski definition) is 2. The fraction of sp³-hybridized carbons (Fsp3) is 0.538. The van der Waals surface area contributed by atoms with Gasteiger partial charge in [0.05, 0.1) is 7.11 Å². The second kappa shape index (κ2) is 4.61. The van der Waals surface area contributed by atoms with Crippen molar-refractivity contribution in [2.24, 2.45) is 5.73 Å². The Morgan fingerprint density at radius 1 is 1.24 bits per heavy atom. The third-order valence-corrected chi connectivity index (χ3v) is 2.46. The fourth-order valence-electron chi connectivity index (χ4n) is 1.81. The maximum absolute atomic E-state index is 13.5. The number of benzene rings is 1. The minimum Gasteiger partial charge on any atom is -0.496 e. The third-order valence-electron chi connectivity index (χ3n) is 2.46. The summed E-state index contributed by atoms with van der Waals surface area (Å²) in [6, 6.07) is 4.67. The minimum absolute atomic E-state index is 0.0182. The predicted octanol–water partition coefficient (Wildman–Crippen LogP) is 3.09. The monoisotopic (exact) mass is 243 g/mol. The Labute approximate surface area is 101 Å². The molecule has 0 heterocycles. The molecule has 0 aliphatic rings. The molecule has 4 heteroatoms. The van der Waals surface area contributed by atoms with Gasteiger partial charge in [0.15, 0.2) is 0 Å². The highest BCUT2D eigenvalue weighted by atomic mass is 19.3. The molecule has 0 unspecified atom stereocenters. The predicted molar refractivity (Wildman–Crippen MR) is 64.5 cm³/mol. The molecule has 2 nitrogen and oxygen atoms in total. The first-order valence-electron chi connectivity index (χ1n) is 5.48. The van der Waals surface area contributed by atoms with Gasteiger partial charge in [-0.15, -0.1) is 0 Å². The lowest BCUT2D eigenvalue weighted by Gasteiger charge is -2.24. The summed E-state index contributed by atoms with van der Waals surface area (Å²) in [4.78, 5) is 0. The molecule has 0 saturated carbocycles. The lowest BCUT2D eigenvalue weighted by molar-refractivity contribution is 0.0161. The average molecular weight is 243 g/mol. The molecule has 0 aliphatic carbocycles. The number of hydrogen-bond donors (Lipinski definition) is 1. The van der Waals surface area contributed by atoms with E-state index in [9.17, 15) is 8.78 Å². The molecule has 0 radical (unpaired) electrons. The van der Waals surface area contributed by atoms with E-state index >= 15 is 0 Å². The van der Waals surface area contributed by atoms with Crippen LogP contribution in [0, 0.1) is 0 Å². The minimum atomic E-state index is -2.89. The Morgan fingerprint density at radius 2 is 1.82 bits per heavy atom. The molecule has 1 aromatic carbocycles. The van der Waals surface area contributed by atoms with Gasteiger partial charge in [-0.3, -0.25) is 0 Å². The van der Waals surface area contributed by atoms with Crippen LogP contribution in [-0.4, -0.2) is 12.6 Å². The van der Waals surface area contributed by atoms with Crippen LogP contribution in [0.2, 0.25) is 0 Å². The van der Waals surface area contributed by atoms with E-state index in [1.807, 2.05) is 0 Å². The molecular formula is C13H19F2NO. The van der Waals surface area contributed by atoms with E-state index in [0.29, 0.717) is 17.7 Å². The number of halogens is 2.